The molecule has 14 heteroatoms. The lowest BCUT2D eigenvalue weighted by Gasteiger charge is -2.12. The van der Waals surface area contributed by atoms with Gasteiger partial charge in [-0.1, -0.05) is 0 Å². The van der Waals surface area contributed by atoms with Gasteiger partial charge < -0.3 is 20.3 Å². The lowest BCUT2D eigenvalue weighted by atomic mass is 10.2. The van der Waals surface area contributed by atoms with Crippen molar-refractivity contribution in [3.05, 3.63) is 34.0 Å². The molecule has 0 aliphatic carbocycles. The van der Waals surface area contributed by atoms with Crippen LogP contribution in [0.3, 0.4) is 0 Å². The van der Waals surface area contributed by atoms with Crippen molar-refractivity contribution in [2.24, 2.45) is 0 Å². The molecular formula is C15H18N5O8P. The van der Waals surface area contributed by atoms with E-state index in [1.54, 1.807) is 0 Å². The maximum Gasteiger partial charge on any atom is 0.390 e. The fraction of sp³-hybridized carbons (Fsp3) is 0.400. The molecule has 1 aliphatic rings. The predicted octanol–water partition coefficient (Wildman–Crippen LogP) is -0.694. The minimum Gasteiger partial charge on any atom is -0.358 e. The van der Waals surface area contributed by atoms with E-state index in [4.69, 9.17) is 0 Å². The van der Waals surface area contributed by atoms with Gasteiger partial charge in [0.25, 0.3) is 17.7 Å². The zero-order valence-corrected chi connectivity index (χ0v) is 16.2. The van der Waals surface area contributed by atoms with Gasteiger partial charge in [-0.05, 0) is 4.92 Å². The summed E-state index contributed by atoms with van der Waals surface area (Å²) in [5.41, 5.74) is -0.243. The highest BCUT2D eigenvalue weighted by molar-refractivity contribution is 7.57. The lowest BCUT2D eigenvalue weighted by Crippen LogP contribution is -2.35. The Kier molecular flexibility index (Phi) is 6.77. The Labute approximate surface area is 164 Å². The van der Waals surface area contributed by atoms with Crippen LogP contribution >= 0.6 is 7.37 Å². The maximum absolute atomic E-state index is 12.3. The van der Waals surface area contributed by atoms with Crippen LogP contribution in [0, 0.1) is 10.1 Å². The van der Waals surface area contributed by atoms with Crippen LogP contribution in [0.2, 0.25) is 0 Å². The molecule has 13 nitrogen and oxygen atoms in total. The highest BCUT2D eigenvalue weighted by Crippen LogP contribution is 2.35. The Morgan fingerprint density at radius 2 is 1.90 bits per heavy atom. The molecular weight excluding hydrogens is 409 g/mol. The Bertz CT molecular complexity index is 929. The van der Waals surface area contributed by atoms with Gasteiger partial charge in [-0.3, -0.25) is 28.6 Å². The third-order valence-corrected chi connectivity index (χ3v) is 4.90. The first-order valence-corrected chi connectivity index (χ1v) is 10.6. The summed E-state index contributed by atoms with van der Waals surface area (Å²) in [7, 11) is -3.44. The molecule has 0 spiro atoms. The molecule has 3 amide bonds. The second kappa shape index (κ2) is 8.88. The monoisotopic (exact) mass is 427 g/mol. The highest BCUT2D eigenvalue weighted by atomic mass is 31.2. The average molecular weight is 427 g/mol. The van der Waals surface area contributed by atoms with E-state index in [0.29, 0.717) is 0 Å². The van der Waals surface area contributed by atoms with E-state index < -0.39 is 48.2 Å². The van der Waals surface area contributed by atoms with Gasteiger partial charge in [0.2, 0.25) is 0 Å². The number of carbonyl (C=O) groups is 4. The second-order valence-corrected chi connectivity index (χ2v) is 8.82. The molecule has 156 valence electrons. The van der Waals surface area contributed by atoms with Crippen molar-refractivity contribution in [1.29, 1.82) is 0 Å². The number of nitro groups is 1. The van der Waals surface area contributed by atoms with E-state index in [0.717, 1.165) is 34.5 Å². The van der Waals surface area contributed by atoms with Crippen molar-refractivity contribution < 1.29 is 33.6 Å². The number of nitrogens with one attached hydrogen (secondary N) is 1. The number of ketones is 1. The molecule has 2 heterocycles. The van der Waals surface area contributed by atoms with Crippen LogP contribution in [-0.4, -0.2) is 73.9 Å². The number of imide groups is 1. The van der Waals surface area contributed by atoms with Crippen molar-refractivity contribution in [3.63, 3.8) is 0 Å². The van der Waals surface area contributed by atoms with E-state index in [1.807, 2.05) is 0 Å². The van der Waals surface area contributed by atoms with Crippen molar-refractivity contribution in [2.45, 2.75) is 13.0 Å². The fourth-order valence-electron chi connectivity index (χ4n) is 2.37. The molecule has 0 saturated carbocycles. The summed E-state index contributed by atoms with van der Waals surface area (Å²) in [5.74, 6) is -2.98. The van der Waals surface area contributed by atoms with E-state index in [-0.39, 0.29) is 31.4 Å². The van der Waals surface area contributed by atoms with Crippen LogP contribution < -0.4 is 5.32 Å². The summed E-state index contributed by atoms with van der Waals surface area (Å²) in [6.07, 6.45) is 1.74. The zero-order valence-electron chi connectivity index (χ0n) is 15.3. The van der Waals surface area contributed by atoms with E-state index in [9.17, 15) is 38.8 Å². The van der Waals surface area contributed by atoms with Crippen LogP contribution in [-0.2, 0) is 25.5 Å². The summed E-state index contributed by atoms with van der Waals surface area (Å²) in [5, 5.41) is 16.8. The zero-order chi connectivity index (χ0) is 21.8. The van der Waals surface area contributed by atoms with Crippen molar-refractivity contribution in [3.8, 4) is 0 Å². The summed E-state index contributed by atoms with van der Waals surface area (Å²) in [4.78, 5) is 67.4. The van der Waals surface area contributed by atoms with Gasteiger partial charge >= 0.3 is 5.82 Å². The van der Waals surface area contributed by atoms with Crippen LogP contribution in [0.5, 0.6) is 0 Å². The molecule has 0 saturated heterocycles. The Morgan fingerprint density at radius 3 is 2.45 bits per heavy atom. The number of aryl methyl sites for hydroxylation is 1. The van der Waals surface area contributed by atoms with Gasteiger partial charge in [0, 0.05) is 37.9 Å². The number of aromatic nitrogens is 2. The van der Waals surface area contributed by atoms with Crippen LogP contribution in [0.15, 0.2) is 18.2 Å². The normalized spacial score (nSPS) is 15.4. The maximum atomic E-state index is 12.3. The topological polar surface area (TPSA) is 182 Å². The number of Topliss-reactive ketones (excluding diaryl/α,β-unsaturated/α-hetero) is 1. The van der Waals surface area contributed by atoms with Gasteiger partial charge in [-0.25, -0.2) is 0 Å². The first kappa shape index (κ1) is 22.1. The molecule has 1 aromatic rings. The van der Waals surface area contributed by atoms with E-state index in [1.165, 1.54) is 0 Å². The molecule has 0 bridgehead atoms. The minimum atomic E-state index is -3.44. The van der Waals surface area contributed by atoms with Gasteiger partial charge in [0.15, 0.2) is 18.8 Å². The number of nitrogens with zero attached hydrogens (tertiary/aromatic N) is 4. The van der Waals surface area contributed by atoms with Crippen LogP contribution in [0.1, 0.15) is 16.9 Å². The largest absolute Gasteiger partial charge is 0.390 e. The number of rotatable bonds is 10. The number of amides is 3. The predicted molar refractivity (Wildman–Crippen MR) is 97.3 cm³/mol. The summed E-state index contributed by atoms with van der Waals surface area (Å²) in [6.45, 7) is 0.328. The Morgan fingerprint density at radius 1 is 1.28 bits per heavy atom. The third kappa shape index (κ3) is 6.16. The Balaban J connectivity index is 1.96. The first-order chi connectivity index (χ1) is 13.5. The molecule has 1 atom stereocenters. The number of hydrogen-bond acceptors (Lipinski definition) is 8. The number of carbonyl (C=O) groups excluding carboxylic acids is 4. The minimum absolute atomic E-state index is 0.134. The quantitative estimate of drug-likeness (QED) is 0.211. The standard InChI is InChI=1S/C15H18N5O8P/c1-29(27,28)7-6-19-11(8-12(17-19)20(25)26)15(24)16-9-10(21)4-5-18-13(22)2-3-14(18)23/h2-3,8H,4-7,9H2,1H3,(H,16,24)(H,27,28). The van der Waals surface area contributed by atoms with E-state index in [2.05, 4.69) is 10.4 Å². The van der Waals surface area contributed by atoms with Crippen LogP contribution in [0.25, 0.3) is 0 Å². The summed E-state index contributed by atoms with van der Waals surface area (Å²) < 4.78 is 12.4. The van der Waals surface area contributed by atoms with Crippen molar-refractivity contribution in [1.82, 2.24) is 20.0 Å². The van der Waals surface area contributed by atoms with Gasteiger partial charge in [-0.2, -0.15) is 4.68 Å². The van der Waals surface area contributed by atoms with Gasteiger partial charge in [0.1, 0.15) is 0 Å². The molecule has 0 aromatic carbocycles. The molecule has 2 rings (SSSR count). The van der Waals surface area contributed by atoms with Crippen molar-refractivity contribution >= 4 is 36.7 Å². The van der Waals surface area contributed by atoms with Gasteiger partial charge in [-0.15, -0.1) is 0 Å². The van der Waals surface area contributed by atoms with Crippen molar-refractivity contribution in [2.75, 3.05) is 25.9 Å². The van der Waals surface area contributed by atoms with Crippen LogP contribution in [0.4, 0.5) is 5.82 Å². The number of hydrogen-bond donors (Lipinski definition) is 2. The summed E-state index contributed by atoms with van der Waals surface area (Å²) >= 11 is 0. The molecule has 1 aromatic heterocycles. The third-order valence-electron chi connectivity index (χ3n) is 3.87. The summed E-state index contributed by atoms with van der Waals surface area (Å²) in [6, 6.07) is 0.894. The second-order valence-electron chi connectivity index (χ2n) is 6.28. The lowest BCUT2D eigenvalue weighted by molar-refractivity contribution is -0.389. The Hall–Kier alpha value is -3.18. The fourth-order valence-corrected chi connectivity index (χ4v) is 2.93. The first-order valence-electron chi connectivity index (χ1n) is 8.33. The molecule has 0 radical (unpaired) electrons. The molecule has 29 heavy (non-hydrogen) atoms. The molecule has 1 unspecified atom stereocenters. The SMILES string of the molecule is CP(=O)(O)CCn1nc([N+](=O)[O-])cc1C(=O)NCC(=O)CCN1C(=O)C=CC1=O. The smallest absolute Gasteiger partial charge is 0.358 e. The molecule has 1 aliphatic heterocycles. The molecule has 0 fully saturated rings. The average Bonchev–Trinajstić information content (AvgIpc) is 3.19. The molecule has 2 N–H and O–H groups in total. The highest BCUT2D eigenvalue weighted by Gasteiger charge is 2.26. The van der Waals surface area contributed by atoms with E-state index >= 15 is 0 Å². The van der Waals surface area contributed by atoms with Gasteiger partial charge in [0.05, 0.1) is 24.3 Å².